The highest BCUT2D eigenvalue weighted by Gasteiger charge is 2.27. The number of imidazole rings is 1. The van der Waals surface area contributed by atoms with Crippen LogP contribution in [0.1, 0.15) is 12.0 Å². The van der Waals surface area contributed by atoms with Gasteiger partial charge in [-0.05, 0) is 48.4 Å². The normalized spacial score (nSPS) is 13.4. The first-order valence-electron chi connectivity index (χ1n) is 10.3. The van der Waals surface area contributed by atoms with Gasteiger partial charge in [-0.2, -0.15) is 4.98 Å². The van der Waals surface area contributed by atoms with E-state index in [9.17, 15) is 9.59 Å². The quantitative estimate of drug-likeness (QED) is 0.476. The third kappa shape index (κ3) is 3.27. The second kappa shape index (κ2) is 7.87. The van der Waals surface area contributed by atoms with Crippen molar-refractivity contribution in [3.8, 4) is 5.75 Å². The number of hydrogen-bond donors (Lipinski definition) is 0. The van der Waals surface area contributed by atoms with E-state index in [0.29, 0.717) is 28.7 Å². The van der Waals surface area contributed by atoms with Crippen LogP contribution in [0.5, 0.6) is 5.75 Å². The highest BCUT2D eigenvalue weighted by Crippen LogP contribution is 2.31. The Morgan fingerprint density at radius 3 is 2.44 bits per heavy atom. The number of ether oxygens (including phenoxy) is 1. The summed E-state index contributed by atoms with van der Waals surface area (Å²) in [5.74, 6) is 1.43. The van der Waals surface area contributed by atoms with Crippen molar-refractivity contribution in [2.24, 2.45) is 7.05 Å². The third-order valence-electron chi connectivity index (χ3n) is 5.86. The summed E-state index contributed by atoms with van der Waals surface area (Å²) < 4.78 is 9.88. The molecule has 32 heavy (non-hydrogen) atoms. The summed E-state index contributed by atoms with van der Waals surface area (Å²) in [6, 6.07) is 14.8. The molecule has 1 aliphatic rings. The highest BCUT2D eigenvalue weighted by molar-refractivity contribution is 6.30. The van der Waals surface area contributed by atoms with Crippen molar-refractivity contribution in [1.82, 2.24) is 18.7 Å². The molecule has 5 rings (SSSR count). The second-order valence-electron chi connectivity index (χ2n) is 7.80. The average Bonchev–Trinajstić information content (AvgIpc) is 3.22. The molecule has 9 heteroatoms. The molecule has 0 saturated heterocycles. The minimum Gasteiger partial charge on any atom is -0.497 e. The molecular formula is C23H22ClN5O3. The van der Waals surface area contributed by atoms with Crippen molar-refractivity contribution in [2.75, 3.05) is 18.6 Å². The Hall–Kier alpha value is -3.52. The van der Waals surface area contributed by atoms with Crippen LogP contribution in [0.3, 0.4) is 0 Å². The van der Waals surface area contributed by atoms with Gasteiger partial charge in [0.05, 0.1) is 13.7 Å². The van der Waals surface area contributed by atoms with Crippen LogP contribution >= 0.6 is 11.6 Å². The van der Waals surface area contributed by atoms with Crippen molar-refractivity contribution in [1.29, 1.82) is 0 Å². The van der Waals surface area contributed by atoms with Gasteiger partial charge in [0.1, 0.15) is 5.75 Å². The van der Waals surface area contributed by atoms with E-state index in [1.807, 2.05) is 41.0 Å². The van der Waals surface area contributed by atoms with Gasteiger partial charge in [0, 0.05) is 30.8 Å². The minimum absolute atomic E-state index is 0.168. The van der Waals surface area contributed by atoms with Gasteiger partial charge in [-0.25, -0.2) is 4.79 Å². The summed E-state index contributed by atoms with van der Waals surface area (Å²) in [4.78, 5) is 33.3. The van der Waals surface area contributed by atoms with E-state index < -0.39 is 5.69 Å². The number of hydrogen-bond acceptors (Lipinski definition) is 5. The molecule has 0 N–H and O–H groups in total. The minimum atomic E-state index is -0.399. The van der Waals surface area contributed by atoms with Crippen molar-refractivity contribution in [3.05, 3.63) is 80.0 Å². The summed E-state index contributed by atoms with van der Waals surface area (Å²) in [6.07, 6.45) is 0.851. The fourth-order valence-electron chi connectivity index (χ4n) is 4.18. The molecule has 0 aliphatic carbocycles. The topological polar surface area (TPSA) is 74.3 Å². The Bertz CT molecular complexity index is 1420. The number of rotatable bonds is 4. The SMILES string of the molecule is COc1ccc(N2CCCn3c2nc2c3c(=O)n(Cc3ccc(Cl)cc3)c(=O)n2C)cc1. The summed E-state index contributed by atoms with van der Waals surface area (Å²) in [5, 5.41) is 0.605. The standard InChI is InChI=1S/C23H22ClN5O3/c1-26-20-19(21(30)29(23(26)31)14-15-4-6-16(24)7-5-15)28-13-3-12-27(22(28)25-20)17-8-10-18(32-2)11-9-17/h4-11H,3,12-14H2,1-2H3. The van der Waals surface area contributed by atoms with Gasteiger partial charge in [-0.15, -0.1) is 0 Å². The molecule has 3 heterocycles. The summed E-state index contributed by atoms with van der Waals surface area (Å²) in [7, 11) is 3.28. The van der Waals surface area contributed by atoms with Crippen molar-refractivity contribution in [3.63, 3.8) is 0 Å². The number of nitrogens with zero attached hydrogens (tertiary/aromatic N) is 5. The number of methoxy groups -OCH3 is 1. The van der Waals surface area contributed by atoms with Crippen LogP contribution in [0.15, 0.2) is 58.1 Å². The molecule has 1 aliphatic heterocycles. The first kappa shape index (κ1) is 20.4. The van der Waals surface area contributed by atoms with Crippen LogP contribution in [0.25, 0.3) is 11.2 Å². The zero-order valence-corrected chi connectivity index (χ0v) is 18.5. The molecule has 0 bridgehead atoms. The maximum Gasteiger partial charge on any atom is 0.332 e. The fraction of sp³-hybridized carbons (Fsp3) is 0.261. The van der Waals surface area contributed by atoms with Crippen LogP contribution in [0.4, 0.5) is 11.6 Å². The van der Waals surface area contributed by atoms with Gasteiger partial charge < -0.3 is 14.2 Å². The zero-order chi connectivity index (χ0) is 22.4. The number of aryl methyl sites for hydroxylation is 2. The Labute approximate surface area is 188 Å². The van der Waals surface area contributed by atoms with Crippen LogP contribution in [-0.2, 0) is 20.1 Å². The smallest absolute Gasteiger partial charge is 0.332 e. The molecule has 2 aromatic carbocycles. The van der Waals surface area contributed by atoms with E-state index in [-0.39, 0.29) is 12.1 Å². The Morgan fingerprint density at radius 2 is 1.75 bits per heavy atom. The van der Waals surface area contributed by atoms with E-state index in [1.54, 1.807) is 26.3 Å². The molecule has 0 fully saturated rings. The lowest BCUT2D eigenvalue weighted by molar-refractivity contribution is 0.415. The molecule has 0 saturated carbocycles. The number of aromatic nitrogens is 4. The van der Waals surface area contributed by atoms with Gasteiger partial charge in [-0.3, -0.25) is 13.9 Å². The Morgan fingerprint density at radius 1 is 1.03 bits per heavy atom. The predicted octanol–water partition coefficient (Wildman–Crippen LogP) is 3.15. The predicted molar refractivity (Wildman–Crippen MR) is 124 cm³/mol. The molecule has 0 amide bonds. The number of halogens is 1. The van der Waals surface area contributed by atoms with Crippen molar-refractivity contribution >= 4 is 34.4 Å². The zero-order valence-electron chi connectivity index (χ0n) is 17.8. The van der Waals surface area contributed by atoms with E-state index in [2.05, 4.69) is 4.90 Å². The van der Waals surface area contributed by atoms with Crippen molar-refractivity contribution in [2.45, 2.75) is 19.5 Å². The molecule has 0 radical (unpaired) electrons. The van der Waals surface area contributed by atoms with Crippen LogP contribution in [-0.4, -0.2) is 32.3 Å². The van der Waals surface area contributed by atoms with Crippen LogP contribution in [0, 0.1) is 0 Å². The average molecular weight is 452 g/mol. The van der Waals surface area contributed by atoms with Gasteiger partial charge in [-0.1, -0.05) is 23.7 Å². The maximum absolute atomic E-state index is 13.5. The lowest BCUT2D eigenvalue weighted by atomic mass is 10.2. The van der Waals surface area contributed by atoms with Crippen LogP contribution < -0.4 is 20.9 Å². The van der Waals surface area contributed by atoms with E-state index in [4.69, 9.17) is 21.3 Å². The van der Waals surface area contributed by atoms with E-state index in [1.165, 1.54) is 9.13 Å². The molecule has 4 aromatic rings. The molecular weight excluding hydrogens is 430 g/mol. The molecule has 0 spiro atoms. The third-order valence-corrected chi connectivity index (χ3v) is 6.11. The lowest BCUT2D eigenvalue weighted by Gasteiger charge is -2.29. The lowest BCUT2D eigenvalue weighted by Crippen LogP contribution is -2.40. The van der Waals surface area contributed by atoms with E-state index >= 15 is 0 Å². The van der Waals surface area contributed by atoms with Gasteiger partial charge in [0.2, 0.25) is 5.95 Å². The Balaban J connectivity index is 1.66. The molecule has 0 unspecified atom stereocenters. The first-order chi connectivity index (χ1) is 15.5. The first-order valence-corrected chi connectivity index (χ1v) is 10.7. The maximum atomic E-state index is 13.5. The molecule has 0 atom stereocenters. The van der Waals surface area contributed by atoms with Crippen LogP contribution in [0.2, 0.25) is 5.02 Å². The molecule has 2 aromatic heterocycles. The molecule has 8 nitrogen and oxygen atoms in total. The second-order valence-corrected chi connectivity index (χ2v) is 8.23. The Kier molecular flexibility index (Phi) is 5.01. The number of anilines is 2. The van der Waals surface area contributed by atoms with Crippen molar-refractivity contribution < 1.29 is 4.74 Å². The van der Waals surface area contributed by atoms with E-state index in [0.717, 1.165) is 30.0 Å². The largest absolute Gasteiger partial charge is 0.497 e. The highest BCUT2D eigenvalue weighted by atomic mass is 35.5. The van der Waals surface area contributed by atoms with Gasteiger partial charge in [0.25, 0.3) is 5.56 Å². The number of benzene rings is 2. The summed E-state index contributed by atoms with van der Waals surface area (Å²) >= 11 is 5.97. The van der Waals surface area contributed by atoms with Gasteiger partial charge in [0.15, 0.2) is 11.2 Å². The summed E-state index contributed by atoms with van der Waals surface area (Å²) in [6.45, 7) is 1.59. The van der Waals surface area contributed by atoms with Gasteiger partial charge >= 0.3 is 5.69 Å². The summed E-state index contributed by atoms with van der Waals surface area (Å²) in [5.41, 5.74) is 1.87. The monoisotopic (exact) mass is 451 g/mol. The molecule has 164 valence electrons. The fourth-order valence-corrected chi connectivity index (χ4v) is 4.31. The number of fused-ring (bicyclic) bond motifs is 3.